The van der Waals surface area contributed by atoms with Crippen LogP contribution in [0.1, 0.15) is 59.1 Å². The largest absolute Gasteiger partial charge is 0.493 e. The first-order valence-corrected chi connectivity index (χ1v) is 15.9. The lowest BCUT2D eigenvalue weighted by atomic mass is 9.72. The number of thiophene rings is 1. The maximum Gasteiger partial charge on any atom is 0.259 e. The van der Waals surface area contributed by atoms with E-state index in [0.717, 1.165) is 40.4 Å². The van der Waals surface area contributed by atoms with Gasteiger partial charge in [0, 0.05) is 31.8 Å². The standard InChI is InChI=1S/C34H34BrClN2O3S/c1-34(2,3)23-10-15-26-30(17-23)42-33(31(26)32(39)38-25-13-11-24(36)12-14-25)37-19-22-16-28(40-4)29(18-27(22)35)41-20-21-8-6-5-7-9-21/h5-9,11-14,16,18-19,23H,10,15,17,20H2,1-4H3,(H,38,39)/t23-/m0/s1. The fourth-order valence-corrected chi connectivity index (χ4v) is 6.97. The van der Waals surface area contributed by atoms with Gasteiger partial charge in [-0.05, 0) is 94.1 Å². The Balaban J connectivity index is 1.45. The molecule has 0 unspecified atom stereocenters. The Morgan fingerprint density at radius 1 is 1.12 bits per heavy atom. The van der Waals surface area contributed by atoms with Crippen molar-refractivity contribution >= 4 is 61.7 Å². The van der Waals surface area contributed by atoms with Crippen molar-refractivity contribution in [2.24, 2.45) is 16.3 Å². The first-order chi connectivity index (χ1) is 20.1. The molecule has 1 aliphatic carbocycles. The number of benzene rings is 3. The number of amides is 1. The molecule has 1 aromatic heterocycles. The van der Waals surface area contributed by atoms with Crippen LogP contribution in [0.4, 0.5) is 10.7 Å². The molecule has 0 bridgehead atoms. The summed E-state index contributed by atoms with van der Waals surface area (Å²) >= 11 is 11.4. The highest BCUT2D eigenvalue weighted by atomic mass is 79.9. The number of carbonyl (C=O) groups excluding carboxylic acids is 1. The second-order valence-corrected chi connectivity index (χ2v) is 13.9. The van der Waals surface area contributed by atoms with Gasteiger partial charge in [0.1, 0.15) is 11.6 Å². The highest BCUT2D eigenvalue weighted by Crippen LogP contribution is 2.45. The summed E-state index contributed by atoms with van der Waals surface area (Å²) in [5.41, 5.74) is 4.55. The molecule has 1 aliphatic rings. The number of methoxy groups -OCH3 is 1. The minimum atomic E-state index is -0.155. The van der Waals surface area contributed by atoms with E-state index in [9.17, 15) is 4.79 Å². The summed E-state index contributed by atoms with van der Waals surface area (Å²) in [4.78, 5) is 19.8. The Morgan fingerprint density at radius 2 is 1.86 bits per heavy atom. The van der Waals surface area contributed by atoms with E-state index in [1.165, 1.54) is 4.88 Å². The van der Waals surface area contributed by atoms with Crippen LogP contribution in [-0.4, -0.2) is 19.2 Å². The van der Waals surface area contributed by atoms with E-state index < -0.39 is 0 Å². The zero-order valence-electron chi connectivity index (χ0n) is 24.2. The first-order valence-electron chi connectivity index (χ1n) is 13.9. The lowest BCUT2D eigenvalue weighted by molar-refractivity contribution is 0.102. The van der Waals surface area contributed by atoms with Gasteiger partial charge in [-0.25, -0.2) is 4.99 Å². The summed E-state index contributed by atoms with van der Waals surface area (Å²) in [5.74, 6) is 1.63. The Kier molecular flexibility index (Phi) is 9.41. The second-order valence-electron chi connectivity index (χ2n) is 11.5. The van der Waals surface area contributed by atoms with E-state index >= 15 is 0 Å². The van der Waals surface area contributed by atoms with Gasteiger partial charge in [-0.2, -0.15) is 0 Å². The number of rotatable bonds is 8. The maximum absolute atomic E-state index is 13.7. The van der Waals surface area contributed by atoms with Crippen molar-refractivity contribution in [3.8, 4) is 11.5 Å². The molecule has 3 aromatic carbocycles. The summed E-state index contributed by atoms with van der Waals surface area (Å²) in [7, 11) is 1.62. The van der Waals surface area contributed by atoms with E-state index in [1.54, 1.807) is 36.8 Å². The van der Waals surface area contributed by atoms with Crippen LogP contribution in [0.5, 0.6) is 11.5 Å². The third-order valence-corrected chi connectivity index (χ3v) is 9.74. The molecule has 1 N–H and O–H groups in total. The van der Waals surface area contributed by atoms with E-state index in [1.807, 2.05) is 54.6 Å². The summed E-state index contributed by atoms with van der Waals surface area (Å²) in [5, 5.41) is 4.38. The molecule has 0 spiro atoms. The minimum Gasteiger partial charge on any atom is -0.493 e. The molecule has 1 atom stereocenters. The van der Waals surface area contributed by atoms with Crippen molar-refractivity contribution in [3.63, 3.8) is 0 Å². The number of nitrogens with zero attached hydrogens (tertiary/aromatic N) is 1. The molecule has 0 saturated carbocycles. The topological polar surface area (TPSA) is 59.9 Å². The summed E-state index contributed by atoms with van der Waals surface area (Å²) in [6.45, 7) is 7.31. The average molecular weight is 666 g/mol. The van der Waals surface area contributed by atoms with Crippen LogP contribution in [0.15, 0.2) is 76.2 Å². The van der Waals surface area contributed by atoms with Gasteiger partial charge >= 0.3 is 0 Å². The molecule has 0 radical (unpaired) electrons. The normalized spacial score (nSPS) is 15.0. The van der Waals surface area contributed by atoms with Crippen molar-refractivity contribution in [1.82, 2.24) is 0 Å². The maximum atomic E-state index is 13.7. The van der Waals surface area contributed by atoms with Crippen LogP contribution in [0, 0.1) is 11.3 Å². The molecular formula is C34H34BrClN2O3S. The molecule has 1 amide bonds. The zero-order chi connectivity index (χ0) is 29.9. The number of hydrogen-bond acceptors (Lipinski definition) is 5. The highest BCUT2D eigenvalue weighted by molar-refractivity contribution is 9.10. The summed E-state index contributed by atoms with van der Waals surface area (Å²) in [6, 6.07) is 20.9. The predicted molar refractivity (Wildman–Crippen MR) is 177 cm³/mol. The van der Waals surface area contributed by atoms with Crippen molar-refractivity contribution < 1.29 is 14.3 Å². The highest BCUT2D eigenvalue weighted by Gasteiger charge is 2.33. The number of aliphatic imine (C=N–C) groups is 1. The second kappa shape index (κ2) is 13.0. The number of carbonyl (C=O) groups is 1. The Bertz CT molecular complexity index is 1590. The van der Waals surface area contributed by atoms with Gasteiger partial charge in [-0.15, -0.1) is 11.3 Å². The van der Waals surface area contributed by atoms with Crippen LogP contribution in [0.25, 0.3) is 0 Å². The van der Waals surface area contributed by atoms with Gasteiger partial charge < -0.3 is 14.8 Å². The van der Waals surface area contributed by atoms with Gasteiger partial charge in [0.15, 0.2) is 11.5 Å². The zero-order valence-corrected chi connectivity index (χ0v) is 27.3. The van der Waals surface area contributed by atoms with E-state index in [2.05, 4.69) is 42.0 Å². The summed E-state index contributed by atoms with van der Waals surface area (Å²) in [6.07, 6.45) is 4.64. The van der Waals surface area contributed by atoms with Gasteiger partial charge in [0.25, 0.3) is 5.91 Å². The molecular weight excluding hydrogens is 632 g/mol. The predicted octanol–water partition coefficient (Wildman–Crippen LogP) is 9.91. The van der Waals surface area contributed by atoms with Crippen LogP contribution in [0.3, 0.4) is 0 Å². The van der Waals surface area contributed by atoms with Crippen LogP contribution < -0.4 is 14.8 Å². The minimum absolute atomic E-state index is 0.155. The fourth-order valence-electron chi connectivity index (χ4n) is 5.15. The molecule has 0 fully saturated rings. The molecule has 4 aromatic rings. The van der Waals surface area contributed by atoms with Gasteiger partial charge in [-0.1, -0.05) is 62.7 Å². The lowest BCUT2D eigenvalue weighted by Crippen LogP contribution is -2.27. The fraction of sp³-hybridized carbons (Fsp3) is 0.294. The molecule has 8 heteroatoms. The molecule has 5 rings (SSSR count). The van der Waals surface area contributed by atoms with Gasteiger partial charge in [0.05, 0.1) is 12.7 Å². The van der Waals surface area contributed by atoms with Gasteiger partial charge in [-0.3, -0.25) is 4.79 Å². The van der Waals surface area contributed by atoms with Crippen molar-refractivity contribution in [2.75, 3.05) is 12.4 Å². The molecule has 218 valence electrons. The Morgan fingerprint density at radius 3 is 2.55 bits per heavy atom. The van der Waals surface area contributed by atoms with Crippen molar-refractivity contribution in [1.29, 1.82) is 0 Å². The quantitative estimate of drug-likeness (QED) is 0.191. The smallest absolute Gasteiger partial charge is 0.259 e. The Labute approximate surface area is 265 Å². The number of ether oxygens (including phenoxy) is 2. The molecule has 1 heterocycles. The number of anilines is 1. The van der Waals surface area contributed by atoms with Crippen LogP contribution >= 0.6 is 38.9 Å². The van der Waals surface area contributed by atoms with Crippen molar-refractivity contribution in [2.45, 2.75) is 46.6 Å². The number of hydrogen-bond donors (Lipinski definition) is 1. The van der Waals surface area contributed by atoms with Crippen LogP contribution in [0.2, 0.25) is 5.02 Å². The Hall–Kier alpha value is -3.13. The molecule has 0 saturated heterocycles. The average Bonchev–Trinajstić information content (AvgIpc) is 3.34. The third-order valence-electron chi connectivity index (χ3n) is 7.64. The molecule has 0 aliphatic heterocycles. The lowest BCUT2D eigenvalue weighted by Gasteiger charge is -2.33. The monoisotopic (exact) mass is 664 g/mol. The first kappa shape index (κ1) is 30.3. The molecule has 42 heavy (non-hydrogen) atoms. The van der Waals surface area contributed by atoms with Gasteiger partial charge in [0.2, 0.25) is 0 Å². The third kappa shape index (κ3) is 7.08. The number of nitrogens with one attached hydrogen (secondary N) is 1. The van der Waals surface area contributed by atoms with E-state index in [-0.39, 0.29) is 11.3 Å². The number of halogens is 2. The molecule has 5 nitrogen and oxygen atoms in total. The van der Waals surface area contributed by atoms with Crippen molar-refractivity contribution in [3.05, 3.63) is 103 Å². The van der Waals surface area contributed by atoms with E-state index in [4.69, 9.17) is 26.1 Å². The summed E-state index contributed by atoms with van der Waals surface area (Å²) < 4.78 is 12.5. The van der Waals surface area contributed by atoms with E-state index in [0.29, 0.717) is 45.3 Å². The number of fused-ring (bicyclic) bond motifs is 1. The van der Waals surface area contributed by atoms with Crippen LogP contribution in [-0.2, 0) is 19.4 Å². The SMILES string of the molecule is COc1cc(C=Nc2sc3c(c2C(=O)Nc2ccc(Cl)cc2)CC[C@H](C(C)(C)C)C3)c(Br)cc1OCc1ccccc1.